The predicted octanol–water partition coefficient (Wildman–Crippen LogP) is 2.79. The molecule has 0 aliphatic carbocycles. The van der Waals surface area contributed by atoms with Gasteiger partial charge >= 0.3 is 27.7 Å². The molecule has 3 amide bonds. The minimum absolute atomic E-state index is 0.0758. The van der Waals surface area contributed by atoms with E-state index in [1.54, 1.807) is 13.0 Å². The van der Waals surface area contributed by atoms with Crippen molar-refractivity contribution in [1.29, 1.82) is 0 Å². The van der Waals surface area contributed by atoms with Gasteiger partial charge in [-0.1, -0.05) is 30.3 Å². The average Bonchev–Trinajstić information content (AvgIpc) is 3.06. The van der Waals surface area contributed by atoms with Crippen LogP contribution in [0.15, 0.2) is 36.4 Å². The normalized spacial score (nSPS) is 15.9. The molecule has 2 aromatic rings. The molecule has 48 heavy (non-hydrogen) atoms. The molecule has 0 radical (unpaired) electrons. The highest BCUT2D eigenvalue weighted by molar-refractivity contribution is 7.86. The van der Waals surface area contributed by atoms with Gasteiger partial charge in [-0.05, 0) is 32.6 Å². The number of anilines is 1. The molecule has 0 unspecified atom stereocenters. The number of carboxylic acid groups (broad SMARTS) is 1. The van der Waals surface area contributed by atoms with Gasteiger partial charge in [0, 0.05) is 57.3 Å². The van der Waals surface area contributed by atoms with Gasteiger partial charge in [-0.25, -0.2) is 14.8 Å². The lowest BCUT2D eigenvalue weighted by atomic mass is 10.1. The third-order valence-corrected chi connectivity index (χ3v) is 7.90. The molecule has 19 heteroatoms. The number of benzene rings is 1. The van der Waals surface area contributed by atoms with Crippen LogP contribution >= 0.6 is 0 Å². The zero-order valence-electron chi connectivity index (χ0n) is 26.1. The number of carboxylic acids is 1. The number of aromatic nitrogens is 2. The maximum absolute atomic E-state index is 13.5. The second-order valence-electron chi connectivity index (χ2n) is 10.7. The van der Waals surface area contributed by atoms with E-state index >= 15 is 0 Å². The van der Waals surface area contributed by atoms with Crippen molar-refractivity contribution in [3.63, 3.8) is 0 Å². The Hall–Kier alpha value is -4.52. The molecule has 4 rings (SSSR count). The molecule has 2 aliphatic rings. The summed E-state index contributed by atoms with van der Waals surface area (Å²) in [6.45, 7) is 4.71. The lowest BCUT2D eigenvalue weighted by Crippen LogP contribution is -2.56. The van der Waals surface area contributed by atoms with E-state index < -0.39 is 45.5 Å². The van der Waals surface area contributed by atoms with E-state index in [2.05, 4.69) is 15.2 Å². The van der Waals surface area contributed by atoms with Crippen LogP contribution in [0.1, 0.15) is 49.5 Å². The highest BCUT2D eigenvalue weighted by atomic mass is 32.2. The van der Waals surface area contributed by atoms with E-state index in [0.29, 0.717) is 11.6 Å². The van der Waals surface area contributed by atoms with Gasteiger partial charge in [-0.2, -0.15) is 21.6 Å². The Kier molecular flexibility index (Phi) is 13.5. The first kappa shape index (κ1) is 37.9. The Balaban J connectivity index is 0.000000694. The zero-order valence-corrected chi connectivity index (χ0v) is 26.9. The second-order valence-corrected chi connectivity index (χ2v) is 12.2. The van der Waals surface area contributed by atoms with Gasteiger partial charge in [0.2, 0.25) is 5.91 Å². The Morgan fingerprint density at radius 3 is 2.08 bits per heavy atom. The molecule has 1 atom stereocenters. The van der Waals surface area contributed by atoms with Crippen molar-refractivity contribution >= 4 is 39.8 Å². The molecule has 15 nitrogen and oxygen atoms in total. The van der Waals surface area contributed by atoms with E-state index in [-0.39, 0.29) is 51.3 Å². The number of amides is 3. The zero-order chi connectivity index (χ0) is 35.5. The first-order valence-corrected chi connectivity index (χ1v) is 16.5. The van der Waals surface area contributed by atoms with Crippen LogP contribution in [0.3, 0.4) is 0 Å². The molecule has 0 saturated carbocycles. The van der Waals surface area contributed by atoms with E-state index in [4.69, 9.17) is 22.7 Å². The van der Waals surface area contributed by atoms with Gasteiger partial charge in [0.15, 0.2) is 5.82 Å². The van der Waals surface area contributed by atoms with Gasteiger partial charge in [0.1, 0.15) is 17.6 Å². The maximum Gasteiger partial charge on any atom is 0.522 e. The minimum atomic E-state index is -5.84. The summed E-state index contributed by atoms with van der Waals surface area (Å²) in [4.78, 5) is 64.7. The fourth-order valence-electron chi connectivity index (χ4n) is 4.85. The number of nitrogens with one attached hydrogen (secondary N) is 1. The molecule has 2 aliphatic heterocycles. The van der Waals surface area contributed by atoms with Crippen LogP contribution in [0.2, 0.25) is 0 Å². The summed E-state index contributed by atoms with van der Waals surface area (Å²) < 4.78 is 62.6. The van der Waals surface area contributed by atoms with Gasteiger partial charge < -0.3 is 29.9 Å². The Morgan fingerprint density at radius 1 is 0.958 bits per heavy atom. The maximum atomic E-state index is 13.5. The van der Waals surface area contributed by atoms with Crippen LogP contribution in [-0.4, -0.2) is 119 Å². The number of ether oxygens (including phenoxy) is 1. The number of piperidine rings is 1. The SMILES string of the molecule is CCOC(=O)N1CCN(C(=O)[C@H](CCC(=O)O)NC(=O)c2cc(N3CCCCC3)nc(-c3ccccc3)n2)CC1.O=S(=O)(O)C(F)(F)F. The molecule has 3 heterocycles. The van der Waals surface area contributed by atoms with Crippen molar-refractivity contribution in [3.8, 4) is 11.4 Å². The fraction of sp³-hybridized carbons (Fsp3) is 0.517. The summed E-state index contributed by atoms with van der Waals surface area (Å²) in [6, 6.07) is 9.92. The molecule has 3 N–H and O–H groups in total. The Bertz CT molecular complexity index is 1530. The van der Waals surface area contributed by atoms with Crippen molar-refractivity contribution in [2.45, 2.75) is 50.6 Å². The molecule has 264 valence electrons. The van der Waals surface area contributed by atoms with E-state index in [9.17, 15) is 37.5 Å². The number of carbonyl (C=O) groups is 4. The van der Waals surface area contributed by atoms with E-state index in [0.717, 1.165) is 37.9 Å². The first-order chi connectivity index (χ1) is 22.6. The van der Waals surface area contributed by atoms with Gasteiger partial charge in [0.05, 0.1) is 6.61 Å². The van der Waals surface area contributed by atoms with Crippen molar-refractivity contribution < 1.29 is 55.2 Å². The number of aliphatic carboxylic acids is 1. The van der Waals surface area contributed by atoms with E-state index in [1.165, 1.54) is 9.80 Å². The molecule has 2 fully saturated rings. The Labute approximate surface area is 274 Å². The van der Waals surface area contributed by atoms with E-state index in [1.807, 2.05) is 30.3 Å². The van der Waals surface area contributed by atoms with Crippen LogP contribution in [0.5, 0.6) is 0 Å². The highest BCUT2D eigenvalue weighted by Gasteiger charge is 2.44. The van der Waals surface area contributed by atoms with Gasteiger partial charge in [0.25, 0.3) is 5.91 Å². The number of piperazine rings is 1. The van der Waals surface area contributed by atoms with Crippen LogP contribution in [0.4, 0.5) is 23.8 Å². The van der Waals surface area contributed by atoms with Crippen molar-refractivity contribution in [3.05, 3.63) is 42.1 Å². The lowest BCUT2D eigenvalue weighted by molar-refractivity contribution is -0.138. The summed E-state index contributed by atoms with van der Waals surface area (Å²) in [5.74, 6) is -1.00. The minimum Gasteiger partial charge on any atom is -0.481 e. The number of hydrogen-bond donors (Lipinski definition) is 3. The average molecular weight is 703 g/mol. The summed E-state index contributed by atoms with van der Waals surface area (Å²) in [6.07, 6.45) is 2.39. The Morgan fingerprint density at radius 2 is 1.54 bits per heavy atom. The molecular weight excluding hydrogens is 665 g/mol. The van der Waals surface area contributed by atoms with Crippen molar-refractivity contribution in [2.24, 2.45) is 0 Å². The first-order valence-electron chi connectivity index (χ1n) is 15.1. The molecule has 0 bridgehead atoms. The number of hydrogen-bond acceptors (Lipinski definition) is 10. The third-order valence-electron chi connectivity index (χ3n) is 7.32. The number of rotatable bonds is 9. The summed E-state index contributed by atoms with van der Waals surface area (Å²) in [7, 11) is -5.84. The largest absolute Gasteiger partial charge is 0.522 e. The number of nitrogens with zero attached hydrogens (tertiary/aromatic N) is 5. The van der Waals surface area contributed by atoms with Crippen molar-refractivity contribution in [2.75, 3.05) is 50.8 Å². The topological polar surface area (TPSA) is 200 Å². The number of alkyl halides is 3. The number of carbonyl (C=O) groups excluding carboxylic acids is 3. The highest BCUT2D eigenvalue weighted by Crippen LogP contribution is 2.23. The fourth-order valence-corrected chi connectivity index (χ4v) is 4.85. The third kappa shape index (κ3) is 11.0. The van der Waals surface area contributed by atoms with Crippen LogP contribution in [0, 0.1) is 0 Å². The molecule has 1 aromatic carbocycles. The predicted molar refractivity (Wildman–Crippen MR) is 164 cm³/mol. The standard InChI is InChI=1S/C28H36N6O6.CHF3O3S/c1-2-40-28(39)34-17-15-33(16-18-34)27(38)21(11-12-24(35)36)30-26(37)22-19-23(32-13-7-4-8-14-32)31-25(29-22)20-9-5-3-6-10-20;2-1(3,4)8(5,6)7/h3,5-6,9-10,19,21H,2,4,7-8,11-18H2,1H3,(H,30,37)(H,35,36);(H,5,6,7)/t21-;/m0./s1. The quantitative estimate of drug-likeness (QED) is 0.255. The molecule has 1 aromatic heterocycles. The van der Waals surface area contributed by atoms with Crippen LogP contribution < -0.4 is 10.2 Å². The molecule has 0 spiro atoms. The smallest absolute Gasteiger partial charge is 0.481 e. The van der Waals surface area contributed by atoms with Gasteiger partial charge in [-0.15, -0.1) is 0 Å². The number of halogens is 3. The van der Waals surface area contributed by atoms with Crippen molar-refractivity contribution in [1.82, 2.24) is 25.1 Å². The summed E-state index contributed by atoms with van der Waals surface area (Å²) in [5, 5.41) is 12.0. The van der Waals surface area contributed by atoms with Crippen LogP contribution in [0.25, 0.3) is 11.4 Å². The van der Waals surface area contributed by atoms with Crippen LogP contribution in [-0.2, 0) is 24.4 Å². The summed E-state index contributed by atoms with van der Waals surface area (Å²) in [5.41, 5.74) is -4.67. The summed E-state index contributed by atoms with van der Waals surface area (Å²) >= 11 is 0. The molecular formula is C29H37F3N6O9S. The lowest BCUT2D eigenvalue weighted by Gasteiger charge is -2.36. The monoisotopic (exact) mass is 702 g/mol. The second kappa shape index (κ2) is 17.0. The molecule has 2 saturated heterocycles. The van der Waals surface area contributed by atoms with Gasteiger partial charge in [-0.3, -0.25) is 18.9 Å².